The van der Waals surface area contributed by atoms with Crippen molar-refractivity contribution in [1.82, 2.24) is 4.90 Å². The van der Waals surface area contributed by atoms with Crippen molar-refractivity contribution in [2.24, 2.45) is 5.92 Å². The maximum Gasteiger partial charge on any atom is 0.337 e. The van der Waals surface area contributed by atoms with Gasteiger partial charge in [0.2, 0.25) is 5.91 Å². The zero-order valence-electron chi connectivity index (χ0n) is 17.1. The predicted octanol–water partition coefficient (Wildman–Crippen LogP) is 4.48. The molecule has 0 aliphatic carbocycles. The van der Waals surface area contributed by atoms with E-state index in [-0.39, 0.29) is 11.8 Å². The Kier molecular flexibility index (Phi) is 6.10. The number of esters is 1. The molecule has 1 fully saturated rings. The first-order chi connectivity index (χ1) is 14.6. The monoisotopic (exact) mass is 402 g/mol. The van der Waals surface area contributed by atoms with Crippen LogP contribution >= 0.6 is 0 Å². The fourth-order valence-corrected chi connectivity index (χ4v) is 4.17. The van der Waals surface area contributed by atoms with E-state index in [0.29, 0.717) is 11.3 Å². The lowest BCUT2D eigenvalue weighted by atomic mass is 9.96. The second-order valence-electron chi connectivity index (χ2n) is 7.77. The molecule has 1 heterocycles. The fraction of sp³-hybridized carbons (Fsp3) is 0.280. The van der Waals surface area contributed by atoms with Crippen molar-refractivity contribution in [3.05, 3.63) is 77.9 Å². The molecule has 1 N–H and O–H groups in total. The number of carbonyl (C=O) groups is 2. The highest BCUT2D eigenvalue weighted by Crippen LogP contribution is 2.24. The first-order valence-electron chi connectivity index (χ1n) is 10.3. The molecule has 3 aromatic rings. The normalized spacial score (nSPS) is 16.9. The van der Waals surface area contributed by atoms with Crippen LogP contribution in [0, 0.1) is 5.92 Å². The fourth-order valence-electron chi connectivity index (χ4n) is 4.17. The van der Waals surface area contributed by atoms with E-state index in [1.807, 2.05) is 0 Å². The van der Waals surface area contributed by atoms with Gasteiger partial charge in [-0.2, -0.15) is 0 Å². The number of likely N-dealkylation sites (tertiary alicyclic amines) is 1. The number of methoxy groups -OCH3 is 1. The number of nitrogens with zero attached hydrogens (tertiary/aromatic N) is 1. The Morgan fingerprint density at radius 3 is 2.73 bits per heavy atom. The number of fused-ring (bicyclic) bond motifs is 1. The van der Waals surface area contributed by atoms with Gasteiger partial charge in [-0.25, -0.2) is 4.79 Å². The first-order valence-corrected chi connectivity index (χ1v) is 10.3. The predicted molar refractivity (Wildman–Crippen MR) is 118 cm³/mol. The molecule has 5 heteroatoms. The van der Waals surface area contributed by atoms with Crippen LogP contribution < -0.4 is 5.32 Å². The van der Waals surface area contributed by atoms with Crippen molar-refractivity contribution >= 4 is 28.3 Å². The van der Waals surface area contributed by atoms with Crippen LogP contribution in [0.4, 0.5) is 5.69 Å². The number of piperidine rings is 1. The lowest BCUT2D eigenvalue weighted by Crippen LogP contribution is -2.40. The molecule has 0 aromatic heterocycles. The minimum Gasteiger partial charge on any atom is -0.465 e. The van der Waals surface area contributed by atoms with E-state index in [1.54, 1.807) is 24.3 Å². The molecule has 1 amide bonds. The van der Waals surface area contributed by atoms with Crippen molar-refractivity contribution in [2.75, 3.05) is 25.5 Å². The maximum atomic E-state index is 12.9. The molecule has 4 rings (SSSR count). The number of benzene rings is 3. The summed E-state index contributed by atoms with van der Waals surface area (Å²) in [6, 6.07) is 21.7. The molecular weight excluding hydrogens is 376 g/mol. The van der Waals surface area contributed by atoms with Gasteiger partial charge in [-0.05, 0) is 53.9 Å². The van der Waals surface area contributed by atoms with E-state index in [9.17, 15) is 9.59 Å². The Hall–Kier alpha value is -3.18. The summed E-state index contributed by atoms with van der Waals surface area (Å²) in [5.74, 6) is -0.486. The van der Waals surface area contributed by atoms with Crippen LogP contribution in [-0.2, 0) is 16.1 Å². The zero-order valence-corrected chi connectivity index (χ0v) is 17.1. The summed E-state index contributed by atoms with van der Waals surface area (Å²) in [7, 11) is 1.35. The standard InChI is InChI=1S/C25H26N2O3/c1-30-25(29)19-9-5-12-22(15-19)26-24(28)21-11-6-14-27(17-21)16-20-10-4-8-18-7-2-3-13-23(18)20/h2-5,7-10,12-13,15,21H,6,11,14,16-17H2,1H3,(H,26,28). The molecule has 30 heavy (non-hydrogen) atoms. The van der Waals surface area contributed by atoms with Crippen LogP contribution in [0.1, 0.15) is 28.8 Å². The van der Waals surface area contributed by atoms with Gasteiger partial charge in [0.15, 0.2) is 0 Å². The summed E-state index contributed by atoms with van der Waals surface area (Å²) in [5, 5.41) is 5.48. The summed E-state index contributed by atoms with van der Waals surface area (Å²) in [4.78, 5) is 27.0. The topological polar surface area (TPSA) is 58.6 Å². The number of amides is 1. The summed E-state index contributed by atoms with van der Waals surface area (Å²) >= 11 is 0. The van der Waals surface area contributed by atoms with E-state index >= 15 is 0 Å². The Bertz CT molecular complexity index is 1060. The van der Waals surface area contributed by atoms with Gasteiger partial charge < -0.3 is 10.1 Å². The minimum atomic E-state index is -0.412. The number of carbonyl (C=O) groups excluding carboxylic acids is 2. The van der Waals surface area contributed by atoms with Crippen molar-refractivity contribution < 1.29 is 14.3 Å². The van der Waals surface area contributed by atoms with Crippen LogP contribution in [0.2, 0.25) is 0 Å². The van der Waals surface area contributed by atoms with Crippen molar-refractivity contribution in [2.45, 2.75) is 19.4 Å². The Morgan fingerprint density at radius 1 is 1.07 bits per heavy atom. The molecule has 1 unspecified atom stereocenters. The van der Waals surface area contributed by atoms with E-state index in [0.717, 1.165) is 32.5 Å². The third-order valence-corrected chi connectivity index (χ3v) is 5.70. The van der Waals surface area contributed by atoms with Gasteiger partial charge in [-0.15, -0.1) is 0 Å². The molecule has 0 spiro atoms. The summed E-state index contributed by atoms with van der Waals surface area (Å²) < 4.78 is 4.76. The number of hydrogen-bond donors (Lipinski definition) is 1. The quantitative estimate of drug-likeness (QED) is 0.640. The van der Waals surface area contributed by atoms with Crippen molar-refractivity contribution in [3.8, 4) is 0 Å². The highest BCUT2D eigenvalue weighted by molar-refractivity contribution is 5.95. The molecular formula is C25H26N2O3. The Labute approximate surface area is 176 Å². The number of rotatable bonds is 5. The smallest absolute Gasteiger partial charge is 0.337 e. The van der Waals surface area contributed by atoms with Gasteiger partial charge in [0.25, 0.3) is 0 Å². The van der Waals surface area contributed by atoms with Gasteiger partial charge >= 0.3 is 5.97 Å². The first kappa shape index (κ1) is 20.1. The van der Waals surface area contributed by atoms with Gasteiger partial charge in [0.05, 0.1) is 18.6 Å². The van der Waals surface area contributed by atoms with E-state index in [1.165, 1.54) is 23.4 Å². The molecule has 154 valence electrons. The Balaban J connectivity index is 1.42. The van der Waals surface area contributed by atoms with Gasteiger partial charge in [0.1, 0.15) is 0 Å². The van der Waals surface area contributed by atoms with Gasteiger partial charge in [-0.1, -0.05) is 48.5 Å². The van der Waals surface area contributed by atoms with Crippen LogP contribution in [-0.4, -0.2) is 37.0 Å². The molecule has 0 saturated carbocycles. The van der Waals surface area contributed by atoms with Crippen LogP contribution in [0.25, 0.3) is 10.8 Å². The summed E-state index contributed by atoms with van der Waals surface area (Å²) in [5.41, 5.74) is 2.34. The molecule has 0 radical (unpaired) electrons. The second-order valence-corrected chi connectivity index (χ2v) is 7.77. The summed E-state index contributed by atoms with van der Waals surface area (Å²) in [6.07, 6.45) is 1.86. The van der Waals surface area contributed by atoms with Gasteiger partial charge in [-0.3, -0.25) is 9.69 Å². The van der Waals surface area contributed by atoms with Gasteiger partial charge in [0, 0.05) is 18.8 Å². The minimum absolute atomic E-state index is 0.000337. The third kappa shape index (κ3) is 4.52. The van der Waals surface area contributed by atoms with Crippen molar-refractivity contribution in [3.63, 3.8) is 0 Å². The number of nitrogens with one attached hydrogen (secondary N) is 1. The van der Waals surface area contributed by atoms with E-state index in [4.69, 9.17) is 4.74 Å². The average Bonchev–Trinajstić information content (AvgIpc) is 2.79. The van der Waals surface area contributed by atoms with E-state index < -0.39 is 5.97 Å². The summed E-state index contributed by atoms with van der Waals surface area (Å²) in [6.45, 7) is 2.56. The molecule has 5 nitrogen and oxygen atoms in total. The highest BCUT2D eigenvalue weighted by Gasteiger charge is 2.26. The highest BCUT2D eigenvalue weighted by atomic mass is 16.5. The molecule has 1 atom stereocenters. The lowest BCUT2D eigenvalue weighted by Gasteiger charge is -2.32. The van der Waals surface area contributed by atoms with Crippen molar-refractivity contribution in [1.29, 1.82) is 0 Å². The molecule has 3 aromatic carbocycles. The molecule has 1 saturated heterocycles. The number of anilines is 1. The largest absolute Gasteiger partial charge is 0.465 e. The maximum absolute atomic E-state index is 12.9. The second kappa shape index (κ2) is 9.09. The number of hydrogen-bond acceptors (Lipinski definition) is 4. The number of ether oxygens (including phenoxy) is 1. The lowest BCUT2D eigenvalue weighted by molar-refractivity contribution is -0.121. The zero-order chi connectivity index (χ0) is 20.9. The van der Waals surface area contributed by atoms with E-state index in [2.05, 4.69) is 52.7 Å². The SMILES string of the molecule is COC(=O)c1cccc(NC(=O)C2CCCN(Cc3cccc4ccccc34)C2)c1. The third-order valence-electron chi connectivity index (χ3n) is 5.70. The van der Waals surface area contributed by atoms with Crippen LogP contribution in [0.5, 0.6) is 0 Å². The van der Waals surface area contributed by atoms with Crippen LogP contribution in [0.15, 0.2) is 66.7 Å². The molecule has 1 aliphatic rings. The molecule has 1 aliphatic heterocycles. The molecule has 0 bridgehead atoms. The van der Waals surface area contributed by atoms with Crippen LogP contribution in [0.3, 0.4) is 0 Å². The Morgan fingerprint density at radius 2 is 1.87 bits per heavy atom. The average molecular weight is 402 g/mol.